The number of amides is 2. The number of carboxylic acid groups (broad SMARTS) is 1. The lowest BCUT2D eigenvalue weighted by atomic mass is 10.3. The van der Waals surface area contributed by atoms with Crippen LogP contribution in [0.5, 0.6) is 0 Å². The number of carbonyl (C=O) groups excluding carboxylic acids is 1. The number of carbonyl (C=O) groups is 2. The van der Waals surface area contributed by atoms with E-state index in [1.54, 1.807) is 14.1 Å². The Balaban J connectivity index is 2.46. The summed E-state index contributed by atoms with van der Waals surface area (Å²) in [4.78, 5) is 27.2. The Morgan fingerprint density at radius 2 is 2.11 bits per heavy atom. The minimum atomic E-state index is -1.08. The highest BCUT2D eigenvalue weighted by Gasteiger charge is 2.08. The molecule has 0 radical (unpaired) electrons. The highest BCUT2D eigenvalue weighted by Crippen LogP contribution is 2.19. The van der Waals surface area contributed by atoms with Gasteiger partial charge in [0, 0.05) is 33.4 Å². The average molecular weight is 287 g/mol. The Labute approximate surface area is 115 Å². The summed E-state index contributed by atoms with van der Waals surface area (Å²) >= 11 is 5.88. The molecule has 0 bridgehead atoms. The molecule has 0 saturated carbocycles. The molecule has 0 atom stereocenters. The molecular weight excluding hydrogens is 272 g/mol. The molecule has 0 spiro atoms. The second kappa shape index (κ2) is 6.79. The van der Waals surface area contributed by atoms with Gasteiger partial charge in [0.25, 0.3) is 0 Å². The zero-order chi connectivity index (χ0) is 14.4. The van der Waals surface area contributed by atoms with Gasteiger partial charge in [-0.2, -0.15) is 0 Å². The molecule has 0 saturated heterocycles. The van der Waals surface area contributed by atoms with E-state index in [9.17, 15) is 9.59 Å². The van der Waals surface area contributed by atoms with Gasteiger partial charge in [-0.15, -0.1) is 0 Å². The summed E-state index contributed by atoms with van der Waals surface area (Å²) < 4.78 is 0. The van der Waals surface area contributed by atoms with E-state index in [-0.39, 0.29) is 16.6 Å². The first-order valence-electron chi connectivity index (χ1n) is 5.49. The summed E-state index contributed by atoms with van der Waals surface area (Å²) in [5.41, 5.74) is 0.0245. The summed E-state index contributed by atoms with van der Waals surface area (Å²) in [7, 11) is 3.29. The third kappa shape index (κ3) is 4.63. The van der Waals surface area contributed by atoms with E-state index in [1.807, 2.05) is 0 Å². The van der Waals surface area contributed by atoms with Crippen LogP contribution in [-0.2, 0) is 0 Å². The molecule has 1 aromatic heterocycles. The monoisotopic (exact) mass is 286 g/mol. The maximum Gasteiger partial charge on any atom is 0.337 e. The second-order valence-corrected chi connectivity index (χ2v) is 4.32. The molecule has 3 N–H and O–H groups in total. The number of urea groups is 1. The van der Waals surface area contributed by atoms with Gasteiger partial charge in [0.1, 0.15) is 5.82 Å². The summed E-state index contributed by atoms with van der Waals surface area (Å²) in [6.07, 6.45) is 1.22. The van der Waals surface area contributed by atoms with Crippen LogP contribution in [0.4, 0.5) is 10.6 Å². The van der Waals surface area contributed by atoms with Gasteiger partial charge in [-0.1, -0.05) is 11.6 Å². The third-order valence-electron chi connectivity index (χ3n) is 2.19. The van der Waals surface area contributed by atoms with Crippen LogP contribution in [0.15, 0.2) is 12.3 Å². The van der Waals surface area contributed by atoms with E-state index in [4.69, 9.17) is 16.7 Å². The third-order valence-corrected chi connectivity index (χ3v) is 2.48. The Kier molecular flexibility index (Phi) is 5.37. The molecule has 0 unspecified atom stereocenters. The second-order valence-electron chi connectivity index (χ2n) is 3.91. The molecule has 7 nitrogen and oxygen atoms in total. The van der Waals surface area contributed by atoms with E-state index in [0.29, 0.717) is 18.9 Å². The maximum atomic E-state index is 11.2. The lowest BCUT2D eigenvalue weighted by Crippen LogP contribution is -2.37. The van der Waals surface area contributed by atoms with Crippen LogP contribution < -0.4 is 10.6 Å². The largest absolute Gasteiger partial charge is 0.478 e. The van der Waals surface area contributed by atoms with Crippen LogP contribution in [0.1, 0.15) is 10.4 Å². The Hall–Kier alpha value is -2.02. The molecule has 0 aliphatic rings. The van der Waals surface area contributed by atoms with Crippen molar-refractivity contribution in [2.75, 3.05) is 32.5 Å². The number of rotatable bonds is 5. The first kappa shape index (κ1) is 15.0. The van der Waals surface area contributed by atoms with Crippen LogP contribution in [0.2, 0.25) is 5.02 Å². The van der Waals surface area contributed by atoms with Gasteiger partial charge in [0.2, 0.25) is 0 Å². The fraction of sp³-hybridized carbons (Fsp3) is 0.364. The number of nitrogens with one attached hydrogen (secondary N) is 2. The van der Waals surface area contributed by atoms with Crippen molar-refractivity contribution < 1.29 is 14.7 Å². The highest BCUT2D eigenvalue weighted by atomic mass is 35.5. The normalized spacial score (nSPS) is 9.84. The number of hydrogen-bond donors (Lipinski definition) is 3. The molecule has 0 aliphatic carbocycles. The quantitative estimate of drug-likeness (QED) is 0.705. The summed E-state index contributed by atoms with van der Waals surface area (Å²) in [6.45, 7) is 0.828. The van der Waals surface area contributed by atoms with Gasteiger partial charge in [0.15, 0.2) is 0 Å². The van der Waals surface area contributed by atoms with Crippen molar-refractivity contribution in [3.05, 3.63) is 22.8 Å². The summed E-state index contributed by atoms with van der Waals surface area (Å²) in [5.74, 6) is -0.704. The van der Waals surface area contributed by atoms with Crippen LogP contribution in [0.25, 0.3) is 0 Å². The summed E-state index contributed by atoms with van der Waals surface area (Å²) in [5, 5.41) is 14.5. The van der Waals surface area contributed by atoms with Gasteiger partial charge >= 0.3 is 12.0 Å². The molecule has 8 heteroatoms. The standard InChI is InChI=1S/C11H15ClN4O3/c1-16(2)11(19)14-4-3-13-9-8(12)5-7(6-15-9)10(17)18/h5-6H,3-4H2,1-2H3,(H,13,15)(H,14,19)(H,17,18). The van der Waals surface area contributed by atoms with Crippen molar-refractivity contribution in [2.45, 2.75) is 0 Å². The fourth-order valence-electron chi connectivity index (χ4n) is 1.19. The van der Waals surface area contributed by atoms with E-state index < -0.39 is 5.97 Å². The van der Waals surface area contributed by atoms with Gasteiger partial charge in [-0.3, -0.25) is 0 Å². The molecule has 0 aromatic carbocycles. The predicted octanol–water partition coefficient (Wildman–Crippen LogP) is 1.12. The van der Waals surface area contributed by atoms with Crippen LogP contribution in [0, 0.1) is 0 Å². The molecule has 0 fully saturated rings. The zero-order valence-corrected chi connectivity index (χ0v) is 11.4. The average Bonchev–Trinajstić information content (AvgIpc) is 2.35. The first-order valence-corrected chi connectivity index (χ1v) is 5.87. The molecule has 1 rings (SSSR count). The lowest BCUT2D eigenvalue weighted by Gasteiger charge is -2.12. The van der Waals surface area contributed by atoms with Gasteiger partial charge in [-0.25, -0.2) is 14.6 Å². The molecule has 104 valence electrons. The maximum absolute atomic E-state index is 11.2. The van der Waals surface area contributed by atoms with E-state index in [1.165, 1.54) is 17.2 Å². The lowest BCUT2D eigenvalue weighted by molar-refractivity contribution is 0.0696. The number of halogens is 1. The van der Waals surface area contributed by atoms with Crippen molar-refractivity contribution >= 4 is 29.4 Å². The molecule has 1 heterocycles. The molecular formula is C11H15ClN4O3. The van der Waals surface area contributed by atoms with Crippen LogP contribution >= 0.6 is 11.6 Å². The number of aromatic carboxylic acids is 1. The molecule has 2 amide bonds. The predicted molar refractivity (Wildman–Crippen MR) is 71.8 cm³/mol. The topological polar surface area (TPSA) is 94.6 Å². The van der Waals surface area contributed by atoms with E-state index in [2.05, 4.69) is 15.6 Å². The number of anilines is 1. The minimum Gasteiger partial charge on any atom is -0.478 e. The summed E-state index contributed by atoms with van der Waals surface area (Å²) in [6, 6.07) is 1.12. The number of hydrogen-bond acceptors (Lipinski definition) is 4. The number of nitrogens with zero attached hydrogens (tertiary/aromatic N) is 2. The highest BCUT2D eigenvalue weighted by molar-refractivity contribution is 6.33. The minimum absolute atomic E-state index is 0.0245. The van der Waals surface area contributed by atoms with Gasteiger partial charge in [0.05, 0.1) is 10.6 Å². The van der Waals surface area contributed by atoms with Crippen molar-refractivity contribution in [3.8, 4) is 0 Å². The fourth-order valence-corrected chi connectivity index (χ4v) is 1.43. The Bertz CT molecular complexity index is 479. The molecule has 19 heavy (non-hydrogen) atoms. The van der Waals surface area contributed by atoms with Crippen molar-refractivity contribution in [3.63, 3.8) is 0 Å². The molecule has 0 aliphatic heterocycles. The first-order chi connectivity index (χ1) is 8.91. The zero-order valence-electron chi connectivity index (χ0n) is 10.6. The number of carboxylic acids is 1. The Morgan fingerprint density at radius 1 is 1.42 bits per heavy atom. The Morgan fingerprint density at radius 3 is 2.63 bits per heavy atom. The number of aromatic nitrogens is 1. The van der Waals surface area contributed by atoms with Crippen LogP contribution in [0.3, 0.4) is 0 Å². The van der Waals surface area contributed by atoms with Crippen molar-refractivity contribution in [1.82, 2.24) is 15.2 Å². The molecule has 1 aromatic rings. The smallest absolute Gasteiger partial charge is 0.337 e. The van der Waals surface area contributed by atoms with E-state index in [0.717, 1.165) is 0 Å². The van der Waals surface area contributed by atoms with Crippen molar-refractivity contribution in [2.24, 2.45) is 0 Å². The van der Waals surface area contributed by atoms with Crippen LogP contribution in [-0.4, -0.2) is 54.2 Å². The van der Waals surface area contributed by atoms with Crippen molar-refractivity contribution in [1.29, 1.82) is 0 Å². The van der Waals surface area contributed by atoms with E-state index >= 15 is 0 Å². The van der Waals surface area contributed by atoms with Gasteiger partial charge < -0.3 is 20.6 Å². The van der Waals surface area contributed by atoms with Gasteiger partial charge in [-0.05, 0) is 6.07 Å². The number of pyridine rings is 1. The SMILES string of the molecule is CN(C)C(=O)NCCNc1ncc(C(=O)O)cc1Cl.